The highest BCUT2D eigenvalue weighted by molar-refractivity contribution is 7.88. The molecule has 466 valence electrons. The average Bonchev–Trinajstić information content (AvgIpc) is 0.642. The van der Waals surface area contributed by atoms with Gasteiger partial charge in [0.25, 0.3) is 0 Å². The third-order valence-corrected chi connectivity index (χ3v) is 22.3. The van der Waals surface area contributed by atoms with Crippen molar-refractivity contribution in [3.63, 3.8) is 0 Å². The fourth-order valence-electron chi connectivity index (χ4n) is 17.8. The molecule has 17 aromatic carbocycles. The summed E-state index contributed by atoms with van der Waals surface area (Å²) in [6.07, 6.45) is 0. The highest BCUT2D eigenvalue weighted by Gasteiger charge is 2.50. The van der Waals surface area contributed by atoms with E-state index in [2.05, 4.69) is 97.1 Å². The summed E-state index contributed by atoms with van der Waals surface area (Å²) in [4.78, 5) is 0. The lowest BCUT2D eigenvalue weighted by Crippen LogP contribution is -2.28. The van der Waals surface area contributed by atoms with E-state index in [0.717, 1.165) is 187 Å². The number of alkyl halides is 6. The monoisotopic (exact) mass is 1290 g/mol. The summed E-state index contributed by atoms with van der Waals surface area (Å²) < 4.78 is 154. The summed E-state index contributed by atoms with van der Waals surface area (Å²) in [5.74, 6) is -1.05. The van der Waals surface area contributed by atoms with Crippen LogP contribution in [0.1, 0.15) is 66.8 Å². The Labute approximate surface area is 536 Å². The molecule has 0 N–H and O–H groups in total. The molecule has 0 spiro atoms. The second kappa shape index (κ2) is 18.7. The fourth-order valence-corrected chi connectivity index (χ4v) is 18.7. The van der Waals surface area contributed by atoms with E-state index >= 15 is 0 Å². The lowest BCUT2D eigenvalue weighted by atomic mass is 9.72. The summed E-state index contributed by atoms with van der Waals surface area (Å²) in [5, 5.41) is 16.5. The zero-order chi connectivity index (χ0) is 66.1. The number of hydrogen-bond donors (Lipinski definition) is 0. The molecule has 0 aliphatic rings. The van der Waals surface area contributed by atoms with Crippen LogP contribution in [-0.4, -0.2) is 27.9 Å². The topological polar surface area (TPSA) is 86.7 Å². The summed E-state index contributed by atoms with van der Waals surface area (Å²) in [7, 11) is -12.5. The Morgan fingerprint density at radius 1 is 0.234 bits per heavy atom. The van der Waals surface area contributed by atoms with Crippen LogP contribution in [-0.2, 0) is 20.2 Å². The molecule has 0 bridgehead atoms. The number of benzene rings is 17. The van der Waals surface area contributed by atoms with E-state index in [-0.39, 0.29) is 0 Å². The van der Waals surface area contributed by atoms with Crippen LogP contribution in [0.4, 0.5) is 26.3 Å². The molecule has 0 aliphatic heterocycles. The van der Waals surface area contributed by atoms with Gasteiger partial charge in [-0.15, -0.1) is 0 Å². The molecule has 0 heterocycles. The Morgan fingerprint density at radius 3 is 0.532 bits per heavy atom. The van der Waals surface area contributed by atoms with Crippen LogP contribution < -0.4 is 8.37 Å². The molecule has 14 heteroatoms. The van der Waals surface area contributed by atoms with Crippen molar-refractivity contribution in [1.29, 1.82) is 0 Å². The largest absolute Gasteiger partial charge is 0.534 e. The van der Waals surface area contributed by atoms with Gasteiger partial charge < -0.3 is 8.37 Å². The van der Waals surface area contributed by atoms with Crippen molar-refractivity contribution in [3.05, 3.63) is 188 Å². The molecule has 0 saturated heterocycles. The minimum absolute atomic E-state index is 0.457. The van der Waals surface area contributed by atoms with Crippen LogP contribution in [0.3, 0.4) is 0 Å². The molecular weight excluding hydrogens is 1230 g/mol. The Bertz CT molecular complexity index is 5710. The second-order valence-electron chi connectivity index (χ2n) is 26.9. The highest BCUT2D eigenvalue weighted by atomic mass is 32.2. The lowest BCUT2D eigenvalue weighted by molar-refractivity contribution is -0.0504. The van der Waals surface area contributed by atoms with Gasteiger partial charge >= 0.3 is 31.3 Å². The molecule has 0 aromatic heterocycles. The lowest BCUT2D eigenvalue weighted by Gasteiger charge is -2.30. The number of fused-ring (bicyclic) bond motifs is 6. The smallest absolute Gasteiger partial charge is 0.376 e. The van der Waals surface area contributed by atoms with E-state index in [4.69, 9.17) is 8.37 Å². The third-order valence-electron chi connectivity index (χ3n) is 20.4. The molecule has 17 aromatic rings. The van der Waals surface area contributed by atoms with Crippen LogP contribution in [0.2, 0.25) is 0 Å². The van der Waals surface area contributed by atoms with Crippen molar-refractivity contribution < 1.29 is 51.5 Å². The Hall–Kier alpha value is -9.50. The first kappa shape index (κ1) is 58.3. The molecule has 0 amide bonds. The second-order valence-corrected chi connectivity index (χ2v) is 30.0. The predicted octanol–water partition coefficient (Wildman–Crippen LogP) is 23.0. The molecular formula is C80H56F6O6S2. The first-order valence-electron chi connectivity index (χ1n) is 31.0. The molecule has 0 saturated carbocycles. The van der Waals surface area contributed by atoms with Gasteiger partial charge in [-0.25, -0.2) is 0 Å². The van der Waals surface area contributed by atoms with Crippen molar-refractivity contribution in [1.82, 2.24) is 0 Å². The van der Waals surface area contributed by atoms with Gasteiger partial charge in [-0.3, -0.25) is 0 Å². The minimum Gasteiger partial charge on any atom is -0.376 e. The minimum atomic E-state index is -6.25. The van der Waals surface area contributed by atoms with Crippen molar-refractivity contribution in [3.8, 4) is 56.0 Å². The normalized spacial score (nSPS) is 13.4. The van der Waals surface area contributed by atoms with Gasteiger partial charge in [0.1, 0.15) is 11.5 Å². The summed E-state index contributed by atoms with van der Waals surface area (Å²) in [5.41, 5.74) is 6.91. The summed E-state index contributed by atoms with van der Waals surface area (Å²) >= 11 is 0. The van der Waals surface area contributed by atoms with Gasteiger partial charge in [-0.05, 0) is 374 Å². The van der Waals surface area contributed by atoms with Crippen LogP contribution >= 0.6 is 0 Å². The molecule has 0 atom stereocenters. The number of halogens is 6. The van der Waals surface area contributed by atoms with E-state index in [0.29, 0.717) is 53.9 Å². The van der Waals surface area contributed by atoms with Crippen molar-refractivity contribution in [2.45, 2.75) is 94.1 Å². The number of rotatable bonds is 8. The van der Waals surface area contributed by atoms with Gasteiger partial charge in [0.15, 0.2) is 0 Å². The fraction of sp³-hybridized carbons (Fsp3) is 0.175. The maximum Gasteiger partial charge on any atom is 0.534 e. The molecule has 94 heavy (non-hydrogen) atoms. The average molecular weight is 1290 g/mol. The van der Waals surface area contributed by atoms with Crippen LogP contribution in [0.25, 0.3) is 174 Å². The molecule has 17 rings (SSSR count). The standard InChI is InChI=1S/C80H56F6O6S2/c1-33-13-37(5)63(38(6)14-33)45-21-51-52-22-46(64-39(7)15-34(2)16-40(64)8)26-56-61-31-50(92-94(89,90)80(84,85)86)32-62-58-28-48(66-43(11)19-36(4)20-44(66)12)24-54-53-23-47(65-41(9)17-35(3)18-42(65)10)27-57-60-30-49(91-93(87,88)79(81,82)83)29-59-55(25-45)67(51)73-74(68(52)56)78(72(61)62)76(70(54)58)75(69(53)57)77(73)71(59)60/h13-32H,1-12H3. The first-order chi connectivity index (χ1) is 44.3. The van der Waals surface area contributed by atoms with Gasteiger partial charge in [-0.2, -0.15) is 43.2 Å². The predicted molar refractivity (Wildman–Crippen MR) is 373 cm³/mol. The molecule has 0 unspecified atom stereocenters. The number of aryl methyl sites for hydroxylation is 12. The quantitative estimate of drug-likeness (QED) is 0.0495. The Kier molecular flexibility index (Phi) is 11.6. The summed E-state index contributed by atoms with van der Waals surface area (Å²) in [6, 6.07) is 39.4. The van der Waals surface area contributed by atoms with Gasteiger partial charge in [0.2, 0.25) is 0 Å². The van der Waals surface area contributed by atoms with Gasteiger partial charge in [0, 0.05) is 0 Å². The molecule has 0 fully saturated rings. The van der Waals surface area contributed by atoms with E-state index in [1.807, 2.05) is 83.1 Å². The Balaban J connectivity index is 1.23. The van der Waals surface area contributed by atoms with E-state index in [9.17, 15) is 43.2 Å². The zero-order valence-corrected chi connectivity index (χ0v) is 54.7. The van der Waals surface area contributed by atoms with Crippen LogP contribution in [0.15, 0.2) is 121 Å². The van der Waals surface area contributed by atoms with Gasteiger partial charge in [-0.1, -0.05) is 70.8 Å². The summed E-state index contributed by atoms with van der Waals surface area (Å²) in [6.45, 7) is 24.3. The van der Waals surface area contributed by atoms with Crippen molar-refractivity contribution in [2.24, 2.45) is 0 Å². The SMILES string of the molecule is Cc1cc(C)c(-c2cc3c4cc(OS(=O)(=O)C(F)(F)F)cc5c6cc(-c7c(C)cc(C)cc7C)cc7c8cc(-c9c(C)cc(C)cc9C)cc9c%10cc(OS(=O)(=O)C(F)(F)F)cc%11c%12cc(-c%13c(C)cc(C)cc%13C)cc%13c(c2)c3c2c(c45)c(c67)c(c98)c(c%11%10)c2c%12%13)c(C)c1. The van der Waals surface area contributed by atoms with Crippen LogP contribution in [0, 0.1) is 83.1 Å². The van der Waals surface area contributed by atoms with Gasteiger partial charge in [0.05, 0.1) is 0 Å². The molecule has 6 nitrogen and oxygen atoms in total. The van der Waals surface area contributed by atoms with Crippen molar-refractivity contribution in [2.75, 3.05) is 0 Å². The molecule has 0 radical (unpaired) electrons. The Morgan fingerprint density at radius 2 is 0.383 bits per heavy atom. The number of hydrogen-bond acceptors (Lipinski definition) is 6. The van der Waals surface area contributed by atoms with E-state index in [1.54, 1.807) is 0 Å². The third kappa shape index (κ3) is 7.72. The maximum atomic E-state index is 14.9. The first-order valence-corrected chi connectivity index (χ1v) is 33.8. The van der Waals surface area contributed by atoms with E-state index < -0.39 is 42.8 Å². The van der Waals surface area contributed by atoms with E-state index in [1.165, 1.54) is 24.3 Å². The van der Waals surface area contributed by atoms with Crippen LogP contribution in [0.5, 0.6) is 11.5 Å². The zero-order valence-electron chi connectivity index (χ0n) is 53.1. The highest BCUT2D eigenvalue weighted by Crippen LogP contribution is 2.63. The molecule has 0 aliphatic carbocycles. The maximum absolute atomic E-state index is 14.9. The van der Waals surface area contributed by atoms with Crippen molar-refractivity contribution >= 4 is 150 Å².